The molecule has 0 aliphatic heterocycles. The topological polar surface area (TPSA) is 52.6 Å². The van der Waals surface area contributed by atoms with Gasteiger partial charge in [0.15, 0.2) is 0 Å². The number of hydrogen-bond acceptors (Lipinski definition) is 4. The van der Waals surface area contributed by atoms with E-state index >= 15 is 0 Å². The van der Waals surface area contributed by atoms with Gasteiger partial charge in [0.2, 0.25) is 0 Å². The van der Waals surface area contributed by atoms with Crippen molar-refractivity contribution in [2.75, 3.05) is 13.2 Å². The first kappa shape index (κ1) is 34.9. The zero-order valence-corrected chi connectivity index (χ0v) is 24.6. The molecule has 214 valence electrons. The van der Waals surface area contributed by atoms with Crippen molar-refractivity contribution in [2.45, 2.75) is 175 Å². The normalized spacial score (nSPS) is 12.0. The van der Waals surface area contributed by atoms with E-state index in [1.165, 1.54) is 70.6 Å². The number of carbonyl (C=O) groups is 2. The molecule has 0 amide bonds. The minimum Gasteiger partial charge on any atom is -0.466 e. The lowest BCUT2D eigenvalue weighted by Gasteiger charge is -2.16. The Hall–Kier alpha value is -1.06. The summed E-state index contributed by atoms with van der Waals surface area (Å²) in [5.41, 5.74) is 0. The quantitative estimate of drug-likeness (QED) is 0.0776. The van der Waals surface area contributed by atoms with E-state index < -0.39 is 0 Å². The van der Waals surface area contributed by atoms with Crippen LogP contribution in [0.25, 0.3) is 0 Å². The van der Waals surface area contributed by atoms with Gasteiger partial charge in [-0.05, 0) is 32.1 Å². The largest absolute Gasteiger partial charge is 0.466 e. The van der Waals surface area contributed by atoms with E-state index in [2.05, 4.69) is 20.8 Å². The third-order valence-corrected chi connectivity index (χ3v) is 7.18. The summed E-state index contributed by atoms with van der Waals surface area (Å²) in [6, 6.07) is 0. The van der Waals surface area contributed by atoms with Crippen LogP contribution in [0.4, 0.5) is 0 Å². The van der Waals surface area contributed by atoms with Gasteiger partial charge in [-0.2, -0.15) is 0 Å². The zero-order valence-electron chi connectivity index (χ0n) is 24.6. The summed E-state index contributed by atoms with van der Waals surface area (Å²) < 4.78 is 11.0. The monoisotopic (exact) mass is 510 g/mol. The molecule has 0 saturated heterocycles. The number of carbonyl (C=O) groups excluding carboxylic acids is 2. The summed E-state index contributed by atoms with van der Waals surface area (Å²) in [6.07, 6.45) is 27.3. The van der Waals surface area contributed by atoms with Crippen LogP contribution in [-0.4, -0.2) is 25.2 Å². The fourth-order valence-corrected chi connectivity index (χ4v) is 4.70. The Morgan fingerprint density at radius 2 is 0.861 bits per heavy atom. The third kappa shape index (κ3) is 24.6. The molecular weight excluding hydrogens is 448 g/mol. The Bertz CT molecular complexity index is 477. The van der Waals surface area contributed by atoms with Gasteiger partial charge in [-0.1, -0.05) is 136 Å². The summed E-state index contributed by atoms with van der Waals surface area (Å²) in [6.45, 7) is 7.81. The van der Waals surface area contributed by atoms with Crippen LogP contribution in [0.15, 0.2) is 0 Å². The van der Waals surface area contributed by atoms with E-state index in [-0.39, 0.29) is 17.9 Å². The highest BCUT2D eigenvalue weighted by atomic mass is 16.5. The summed E-state index contributed by atoms with van der Waals surface area (Å²) in [5, 5.41) is 0. The highest BCUT2D eigenvalue weighted by Crippen LogP contribution is 2.21. The van der Waals surface area contributed by atoms with Crippen LogP contribution in [0.1, 0.15) is 175 Å². The molecule has 0 fully saturated rings. The molecule has 1 atom stereocenters. The lowest BCUT2D eigenvalue weighted by Crippen LogP contribution is -2.18. The van der Waals surface area contributed by atoms with Crippen molar-refractivity contribution in [3.05, 3.63) is 0 Å². The van der Waals surface area contributed by atoms with Gasteiger partial charge in [0.25, 0.3) is 0 Å². The molecule has 1 unspecified atom stereocenters. The van der Waals surface area contributed by atoms with Gasteiger partial charge in [-0.25, -0.2) is 0 Å². The van der Waals surface area contributed by atoms with E-state index in [9.17, 15) is 9.59 Å². The predicted molar refractivity (Wildman–Crippen MR) is 153 cm³/mol. The highest BCUT2D eigenvalue weighted by Gasteiger charge is 2.19. The maximum absolute atomic E-state index is 12.7. The molecular formula is C32H62O4. The zero-order chi connectivity index (χ0) is 26.5. The molecule has 0 rings (SSSR count). The standard InChI is InChI=1S/C32H62O4/c1-4-7-10-13-14-15-17-20-25-30(32(34)36-29-24-12-9-6-3)26-21-18-16-19-22-27-31(33)35-28-23-11-8-5-2/h30H,4-29H2,1-3H3. The van der Waals surface area contributed by atoms with E-state index in [4.69, 9.17) is 9.47 Å². The van der Waals surface area contributed by atoms with Gasteiger partial charge in [-0.15, -0.1) is 0 Å². The summed E-state index contributed by atoms with van der Waals surface area (Å²) in [7, 11) is 0. The Kier molecular flexibility index (Phi) is 27.7. The maximum Gasteiger partial charge on any atom is 0.308 e. The van der Waals surface area contributed by atoms with Crippen molar-refractivity contribution in [3.8, 4) is 0 Å². The van der Waals surface area contributed by atoms with Gasteiger partial charge >= 0.3 is 11.9 Å². The number of hydrogen-bond donors (Lipinski definition) is 0. The van der Waals surface area contributed by atoms with Crippen molar-refractivity contribution < 1.29 is 19.1 Å². The maximum atomic E-state index is 12.7. The molecule has 0 bridgehead atoms. The number of unbranched alkanes of at least 4 members (excludes halogenated alkanes) is 17. The molecule has 0 aliphatic carbocycles. The second kappa shape index (κ2) is 28.5. The SMILES string of the molecule is CCCCCCCCCCC(CCCCCCCC(=O)OCCCCCC)C(=O)OCCCCCC. The van der Waals surface area contributed by atoms with Crippen molar-refractivity contribution in [3.63, 3.8) is 0 Å². The number of esters is 2. The molecule has 36 heavy (non-hydrogen) atoms. The van der Waals surface area contributed by atoms with Crippen molar-refractivity contribution in [1.82, 2.24) is 0 Å². The Morgan fingerprint density at radius 1 is 0.472 bits per heavy atom. The van der Waals surface area contributed by atoms with Crippen LogP contribution in [0.3, 0.4) is 0 Å². The van der Waals surface area contributed by atoms with Crippen LogP contribution >= 0.6 is 0 Å². The Morgan fingerprint density at radius 3 is 1.36 bits per heavy atom. The van der Waals surface area contributed by atoms with Crippen LogP contribution in [0, 0.1) is 5.92 Å². The first-order chi connectivity index (χ1) is 17.7. The van der Waals surface area contributed by atoms with E-state index in [1.54, 1.807) is 0 Å². The summed E-state index contributed by atoms with van der Waals surface area (Å²) in [5.74, 6) is 0.0636. The lowest BCUT2D eigenvalue weighted by atomic mass is 9.94. The van der Waals surface area contributed by atoms with Crippen LogP contribution in [0.5, 0.6) is 0 Å². The molecule has 4 heteroatoms. The minimum absolute atomic E-state index is 0.0381. The number of ether oxygens (including phenoxy) is 2. The molecule has 4 nitrogen and oxygen atoms in total. The molecule has 0 saturated carbocycles. The summed E-state index contributed by atoms with van der Waals surface area (Å²) >= 11 is 0. The van der Waals surface area contributed by atoms with Gasteiger partial charge in [0.05, 0.1) is 19.1 Å². The first-order valence-electron chi connectivity index (χ1n) is 16.0. The Labute approximate surface area is 225 Å². The molecule has 0 aliphatic rings. The van der Waals surface area contributed by atoms with E-state index in [0.29, 0.717) is 19.6 Å². The van der Waals surface area contributed by atoms with Gasteiger partial charge in [0.1, 0.15) is 0 Å². The van der Waals surface area contributed by atoms with E-state index in [0.717, 1.165) is 77.0 Å². The van der Waals surface area contributed by atoms with Crippen molar-refractivity contribution in [1.29, 1.82) is 0 Å². The fourth-order valence-electron chi connectivity index (χ4n) is 4.70. The molecule has 0 aromatic carbocycles. The second-order valence-electron chi connectivity index (χ2n) is 10.8. The van der Waals surface area contributed by atoms with Crippen molar-refractivity contribution >= 4 is 11.9 Å². The van der Waals surface area contributed by atoms with Gasteiger partial charge in [0, 0.05) is 6.42 Å². The minimum atomic E-state index is -0.0430. The smallest absolute Gasteiger partial charge is 0.308 e. The third-order valence-electron chi connectivity index (χ3n) is 7.18. The van der Waals surface area contributed by atoms with Crippen molar-refractivity contribution in [2.24, 2.45) is 5.92 Å². The van der Waals surface area contributed by atoms with Gasteiger partial charge < -0.3 is 9.47 Å². The average Bonchev–Trinajstić information content (AvgIpc) is 2.88. The molecule has 0 spiro atoms. The highest BCUT2D eigenvalue weighted by molar-refractivity contribution is 5.72. The van der Waals surface area contributed by atoms with Crippen LogP contribution in [-0.2, 0) is 19.1 Å². The fraction of sp³-hybridized carbons (Fsp3) is 0.938. The average molecular weight is 511 g/mol. The second-order valence-corrected chi connectivity index (χ2v) is 10.8. The molecule has 0 aromatic rings. The predicted octanol–water partition coefficient (Wildman–Crippen LogP) is 10.1. The molecule has 0 aromatic heterocycles. The molecule has 0 N–H and O–H groups in total. The first-order valence-corrected chi connectivity index (χ1v) is 16.0. The van der Waals surface area contributed by atoms with Crippen LogP contribution in [0.2, 0.25) is 0 Å². The molecule has 0 heterocycles. The van der Waals surface area contributed by atoms with Gasteiger partial charge in [-0.3, -0.25) is 9.59 Å². The number of rotatable bonds is 28. The van der Waals surface area contributed by atoms with Crippen LogP contribution < -0.4 is 0 Å². The lowest BCUT2D eigenvalue weighted by molar-refractivity contribution is -0.149. The summed E-state index contributed by atoms with van der Waals surface area (Å²) in [4.78, 5) is 24.5. The molecule has 0 radical (unpaired) electrons. The Balaban J connectivity index is 4.02. The van der Waals surface area contributed by atoms with E-state index in [1.807, 2.05) is 0 Å².